The standard InChI is InChI=1S/C19H15BrN4/c20-18-12-23-19-17(22-11-14-5-4-8-21-10-14)9-16(13-24(18)19)15-6-2-1-3-7-15/h1-10,12-13,22H,11H2. The Labute approximate surface area is 148 Å². The smallest absolute Gasteiger partial charge is 0.161 e. The van der Waals surface area contributed by atoms with Gasteiger partial charge >= 0.3 is 0 Å². The van der Waals surface area contributed by atoms with Crippen molar-refractivity contribution in [2.45, 2.75) is 6.54 Å². The van der Waals surface area contributed by atoms with E-state index in [2.05, 4.69) is 61.7 Å². The van der Waals surface area contributed by atoms with Crippen molar-refractivity contribution in [3.8, 4) is 11.1 Å². The van der Waals surface area contributed by atoms with Gasteiger partial charge in [0.15, 0.2) is 5.65 Å². The fraction of sp³-hybridized carbons (Fsp3) is 0.0526. The van der Waals surface area contributed by atoms with Gasteiger partial charge in [-0.05, 0) is 39.2 Å². The number of aromatic nitrogens is 3. The van der Waals surface area contributed by atoms with E-state index in [4.69, 9.17) is 0 Å². The summed E-state index contributed by atoms with van der Waals surface area (Å²) in [5.74, 6) is 0. The van der Waals surface area contributed by atoms with E-state index < -0.39 is 0 Å². The number of anilines is 1. The number of hydrogen-bond acceptors (Lipinski definition) is 3. The molecule has 4 rings (SSSR count). The average molecular weight is 379 g/mol. The zero-order chi connectivity index (χ0) is 16.4. The lowest BCUT2D eigenvalue weighted by Gasteiger charge is -2.11. The highest BCUT2D eigenvalue weighted by molar-refractivity contribution is 9.10. The highest BCUT2D eigenvalue weighted by Gasteiger charge is 2.10. The van der Waals surface area contributed by atoms with Crippen molar-refractivity contribution < 1.29 is 0 Å². The Morgan fingerprint density at radius 2 is 1.88 bits per heavy atom. The zero-order valence-electron chi connectivity index (χ0n) is 12.9. The molecule has 0 aliphatic carbocycles. The zero-order valence-corrected chi connectivity index (χ0v) is 14.4. The second-order valence-electron chi connectivity index (χ2n) is 5.50. The number of fused-ring (bicyclic) bond motifs is 1. The molecule has 0 saturated heterocycles. The summed E-state index contributed by atoms with van der Waals surface area (Å²) in [7, 11) is 0. The first kappa shape index (κ1) is 14.9. The van der Waals surface area contributed by atoms with Gasteiger partial charge in [0, 0.05) is 30.7 Å². The summed E-state index contributed by atoms with van der Waals surface area (Å²) in [5, 5.41) is 3.48. The molecule has 0 amide bonds. The lowest BCUT2D eigenvalue weighted by atomic mass is 10.1. The van der Waals surface area contributed by atoms with Gasteiger partial charge in [-0.3, -0.25) is 9.38 Å². The molecule has 3 heterocycles. The molecule has 24 heavy (non-hydrogen) atoms. The van der Waals surface area contributed by atoms with E-state index in [0.29, 0.717) is 6.54 Å². The Balaban J connectivity index is 1.76. The summed E-state index contributed by atoms with van der Waals surface area (Å²) in [6.45, 7) is 0.701. The highest BCUT2D eigenvalue weighted by Crippen LogP contribution is 2.28. The minimum atomic E-state index is 0.701. The summed E-state index contributed by atoms with van der Waals surface area (Å²) in [5.41, 5.74) is 5.32. The molecule has 4 nitrogen and oxygen atoms in total. The third-order valence-corrected chi connectivity index (χ3v) is 4.46. The fourth-order valence-electron chi connectivity index (χ4n) is 2.68. The number of halogens is 1. The second-order valence-corrected chi connectivity index (χ2v) is 6.31. The molecule has 0 fully saturated rings. The molecule has 0 spiro atoms. The Morgan fingerprint density at radius 1 is 1.00 bits per heavy atom. The van der Waals surface area contributed by atoms with E-state index in [9.17, 15) is 0 Å². The molecule has 0 unspecified atom stereocenters. The maximum atomic E-state index is 4.50. The van der Waals surface area contributed by atoms with Crippen LogP contribution in [-0.2, 0) is 6.54 Å². The van der Waals surface area contributed by atoms with Crippen molar-refractivity contribution >= 4 is 27.3 Å². The van der Waals surface area contributed by atoms with Crippen LogP contribution < -0.4 is 5.32 Å². The molecule has 0 aliphatic heterocycles. The van der Waals surface area contributed by atoms with Crippen molar-refractivity contribution in [2.75, 3.05) is 5.32 Å². The van der Waals surface area contributed by atoms with Crippen LogP contribution in [0.25, 0.3) is 16.8 Å². The van der Waals surface area contributed by atoms with Gasteiger partial charge in [0.05, 0.1) is 11.9 Å². The maximum absolute atomic E-state index is 4.50. The Hall–Kier alpha value is -2.66. The predicted octanol–water partition coefficient (Wildman–Crippen LogP) is 4.77. The quantitative estimate of drug-likeness (QED) is 0.555. The first-order chi connectivity index (χ1) is 11.8. The van der Waals surface area contributed by atoms with E-state index >= 15 is 0 Å². The molecule has 0 radical (unpaired) electrons. The summed E-state index contributed by atoms with van der Waals surface area (Å²) in [6.07, 6.45) is 7.56. The van der Waals surface area contributed by atoms with E-state index in [1.807, 2.05) is 41.1 Å². The summed E-state index contributed by atoms with van der Waals surface area (Å²) in [4.78, 5) is 8.66. The van der Waals surface area contributed by atoms with Crippen molar-refractivity contribution in [1.29, 1.82) is 0 Å². The van der Waals surface area contributed by atoms with Crippen molar-refractivity contribution in [3.63, 3.8) is 0 Å². The van der Waals surface area contributed by atoms with Gasteiger partial charge in [-0.15, -0.1) is 0 Å². The number of rotatable bonds is 4. The van der Waals surface area contributed by atoms with E-state index in [1.165, 1.54) is 5.56 Å². The number of nitrogens with zero attached hydrogens (tertiary/aromatic N) is 3. The van der Waals surface area contributed by atoms with E-state index in [0.717, 1.165) is 27.1 Å². The van der Waals surface area contributed by atoms with Crippen LogP contribution >= 0.6 is 15.9 Å². The van der Waals surface area contributed by atoms with E-state index in [1.54, 1.807) is 6.20 Å². The summed E-state index contributed by atoms with van der Waals surface area (Å²) < 4.78 is 2.98. The molecule has 1 N–H and O–H groups in total. The van der Waals surface area contributed by atoms with Gasteiger partial charge in [-0.1, -0.05) is 36.4 Å². The van der Waals surface area contributed by atoms with Crippen LogP contribution in [0.15, 0.2) is 77.9 Å². The third-order valence-electron chi connectivity index (χ3n) is 3.87. The lowest BCUT2D eigenvalue weighted by molar-refractivity contribution is 1.09. The Morgan fingerprint density at radius 3 is 2.67 bits per heavy atom. The van der Waals surface area contributed by atoms with Crippen molar-refractivity contribution in [3.05, 3.63) is 83.5 Å². The molecule has 0 bridgehead atoms. The SMILES string of the molecule is Brc1cnc2c(NCc3cccnc3)cc(-c3ccccc3)cn12. The molecular formula is C19H15BrN4. The molecule has 118 valence electrons. The van der Waals surface area contributed by atoms with Crippen LogP contribution in [0.1, 0.15) is 5.56 Å². The predicted molar refractivity (Wildman–Crippen MR) is 99.9 cm³/mol. The summed E-state index contributed by atoms with van der Waals surface area (Å²) in [6, 6.07) is 16.5. The number of nitrogens with one attached hydrogen (secondary N) is 1. The molecule has 5 heteroatoms. The number of hydrogen-bond donors (Lipinski definition) is 1. The van der Waals surface area contributed by atoms with Crippen LogP contribution in [0.5, 0.6) is 0 Å². The van der Waals surface area contributed by atoms with Gasteiger partial charge in [0.1, 0.15) is 4.60 Å². The second kappa shape index (κ2) is 6.45. The molecule has 0 aliphatic rings. The first-order valence-corrected chi connectivity index (χ1v) is 8.45. The number of pyridine rings is 2. The van der Waals surface area contributed by atoms with Gasteiger partial charge in [0.2, 0.25) is 0 Å². The molecule has 0 atom stereocenters. The van der Waals surface area contributed by atoms with Crippen LogP contribution in [0, 0.1) is 0 Å². The van der Waals surface area contributed by atoms with Crippen molar-refractivity contribution in [1.82, 2.24) is 14.4 Å². The van der Waals surface area contributed by atoms with E-state index in [-0.39, 0.29) is 0 Å². The summed E-state index contributed by atoms with van der Waals surface area (Å²) >= 11 is 3.57. The minimum absolute atomic E-state index is 0.701. The average Bonchev–Trinajstić information content (AvgIpc) is 3.02. The molecular weight excluding hydrogens is 364 g/mol. The van der Waals surface area contributed by atoms with Crippen LogP contribution in [-0.4, -0.2) is 14.4 Å². The van der Waals surface area contributed by atoms with Crippen LogP contribution in [0.2, 0.25) is 0 Å². The highest BCUT2D eigenvalue weighted by atomic mass is 79.9. The lowest BCUT2D eigenvalue weighted by Crippen LogP contribution is -2.02. The molecule has 1 aromatic carbocycles. The normalized spacial score (nSPS) is 10.9. The number of imidazole rings is 1. The Bertz CT molecular complexity index is 965. The monoisotopic (exact) mass is 378 g/mol. The van der Waals surface area contributed by atoms with Gasteiger partial charge < -0.3 is 5.32 Å². The fourth-order valence-corrected chi connectivity index (χ4v) is 3.05. The van der Waals surface area contributed by atoms with Gasteiger partial charge in [0.25, 0.3) is 0 Å². The van der Waals surface area contributed by atoms with Gasteiger partial charge in [-0.25, -0.2) is 4.98 Å². The topological polar surface area (TPSA) is 42.2 Å². The maximum Gasteiger partial charge on any atom is 0.161 e. The largest absolute Gasteiger partial charge is 0.378 e. The Kier molecular flexibility index (Phi) is 4.01. The van der Waals surface area contributed by atoms with Crippen molar-refractivity contribution in [2.24, 2.45) is 0 Å². The van der Waals surface area contributed by atoms with Crippen LogP contribution in [0.3, 0.4) is 0 Å². The molecule has 4 aromatic rings. The molecule has 0 saturated carbocycles. The van der Waals surface area contributed by atoms with Crippen LogP contribution in [0.4, 0.5) is 5.69 Å². The third kappa shape index (κ3) is 2.90. The minimum Gasteiger partial charge on any atom is -0.378 e. The van der Waals surface area contributed by atoms with Gasteiger partial charge in [-0.2, -0.15) is 0 Å². The molecule has 3 aromatic heterocycles. The number of benzene rings is 1. The first-order valence-electron chi connectivity index (χ1n) is 7.66.